The topological polar surface area (TPSA) is 73.7 Å². The zero-order valence-corrected chi connectivity index (χ0v) is 22.5. The molecule has 0 atom stereocenters. The van der Waals surface area contributed by atoms with Gasteiger partial charge in [0.05, 0.1) is 37.5 Å². The smallest absolute Gasteiger partial charge is 0.172 e. The van der Waals surface area contributed by atoms with E-state index >= 15 is 0 Å². The fourth-order valence-corrected chi connectivity index (χ4v) is 5.30. The lowest BCUT2D eigenvalue weighted by Crippen LogP contribution is -2.37. The van der Waals surface area contributed by atoms with Gasteiger partial charge in [0, 0.05) is 73.0 Å². The van der Waals surface area contributed by atoms with Crippen LogP contribution >= 0.6 is 23.4 Å². The minimum atomic E-state index is 0.609. The summed E-state index contributed by atoms with van der Waals surface area (Å²) in [5.41, 5.74) is 2.61. The molecule has 1 saturated heterocycles. The Morgan fingerprint density at radius 3 is 2.70 bits per heavy atom. The van der Waals surface area contributed by atoms with Crippen LogP contribution in [-0.4, -0.2) is 66.0 Å². The summed E-state index contributed by atoms with van der Waals surface area (Å²) in [7, 11) is 3.62. The van der Waals surface area contributed by atoms with E-state index in [0.29, 0.717) is 23.1 Å². The second-order valence-corrected chi connectivity index (χ2v) is 10.1. The molecular formula is C27H30ClN5O3S. The van der Waals surface area contributed by atoms with E-state index < -0.39 is 0 Å². The number of nitrogens with zero attached hydrogens (tertiary/aromatic N) is 4. The Morgan fingerprint density at radius 2 is 1.95 bits per heavy atom. The highest BCUT2D eigenvalue weighted by atomic mass is 35.5. The summed E-state index contributed by atoms with van der Waals surface area (Å²) in [4.78, 5) is 12.3. The first kappa shape index (κ1) is 25.7. The monoisotopic (exact) mass is 539 g/mol. The molecule has 2 aromatic heterocycles. The molecule has 0 unspecified atom stereocenters. The van der Waals surface area contributed by atoms with E-state index in [4.69, 9.17) is 25.8 Å². The third kappa shape index (κ3) is 6.30. The predicted octanol–water partition coefficient (Wildman–Crippen LogP) is 5.63. The SMILES string of the molecule is COc1cc2c(Nc3ccc(Sc4nccn4C)c(Cl)c3)ccnc2cc1OCCCN1CCOCC1. The van der Waals surface area contributed by atoms with Crippen LogP contribution < -0.4 is 14.8 Å². The molecule has 194 valence electrons. The van der Waals surface area contributed by atoms with Gasteiger partial charge in [-0.1, -0.05) is 23.4 Å². The molecule has 0 spiro atoms. The minimum absolute atomic E-state index is 0.609. The van der Waals surface area contributed by atoms with Gasteiger partial charge >= 0.3 is 0 Å². The Labute approximate surface area is 225 Å². The molecule has 1 N–H and O–H groups in total. The Kier molecular flexibility index (Phi) is 8.35. The summed E-state index contributed by atoms with van der Waals surface area (Å²) in [5, 5.41) is 5.95. The van der Waals surface area contributed by atoms with Crippen LogP contribution in [-0.2, 0) is 11.8 Å². The van der Waals surface area contributed by atoms with Gasteiger partial charge in [0.15, 0.2) is 16.7 Å². The molecule has 10 heteroatoms. The lowest BCUT2D eigenvalue weighted by atomic mass is 10.1. The average Bonchev–Trinajstić information content (AvgIpc) is 3.32. The van der Waals surface area contributed by atoms with Gasteiger partial charge in [-0.05, 0) is 36.8 Å². The van der Waals surface area contributed by atoms with Gasteiger partial charge in [-0.3, -0.25) is 9.88 Å². The molecule has 1 aliphatic rings. The summed E-state index contributed by atoms with van der Waals surface area (Å²) in [6, 6.07) is 11.8. The molecule has 0 radical (unpaired) electrons. The molecule has 1 fully saturated rings. The predicted molar refractivity (Wildman–Crippen MR) is 148 cm³/mol. The maximum absolute atomic E-state index is 6.61. The van der Waals surface area contributed by atoms with E-state index in [1.54, 1.807) is 19.5 Å². The van der Waals surface area contributed by atoms with E-state index in [1.165, 1.54) is 11.8 Å². The number of anilines is 2. The summed E-state index contributed by atoms with van der Waals surface area (Å²) >= 11 is 8.14. The summed E-state index contributed by atoms with van der Waals surface area (Å²) in [5.74, 6) is 1.37. The van der Waals surface area contributed by atoms with Crippen molar-refractivity contribution in [1.82, 2.24) is 19.4 Å². The molecule has 1 aliphatic heterocycles. The number of methoxy groups -OCH3 is 1. The third-order valence-electron chi connectivity index (χ3n) is 6.20. The number of hydrogen-bond acceptors (Lipinski definition) is 8. The maximum Gasteiger partial charge on any atom is 0.172 e. The fraction of sp³-hybridized carbons (Fsp3) is 0.333. The van der Waals surface area contributed by atoms with Gasteiger partial charge in [0.1, 0.15) is 0 Å². The Bertz CT molecular complexity index is 1360. The highest BCUT2D eigenvalue weighted by molar-refractivity contribution is 7.99. The number of fused-ring (bicyclic) bond motifs is 1. The molecule has 0 bridgehead atoms. The van der Waals surface area contributed by atoms with Gasteiger partial charge in [-0.2, -0.15) is 0 Å². The normalized spacial score (nSPS) is 14.1. The summed E-state index contributed by atoms with van der Waals surface area (Å²) in [6.07, 6.45) is 6.41. The molecule has 2 aromatic carbocycles. The van der Waals surface area contributed by atoms with Crippen molar-refractivity contribution in [2.45, 2.75) is 16.5 Å². The highest BCUT2D eigenvalue weighted by Crippen LogP contribution is 2.37. The highest BCUT2D eigenvalue weighted by Gasteiger charge is 2.14. The standard InChI is InChI=1S/C27H30ClN5O3S/c1-32-10-8-30-27(32)37-26-5-4-19(16-21(26)28)31-22-6-7-29-23-18-25(24(34-2)17-20(22)23)36-13-3-9-33-11-14-35-15-12-33/h4-8,10,16-18H,3,9,11-15H2,1-2H3,(H,29,31). The Morgan fingerprint density at radius 1 is 1.08 bits per heavy atom. The van der Waals surface area contributed by atoms with Crippen LogP contribution in [0.5, 0.6) is 11.5 Å². The summed E-state index contributed by atoms with van der Waals surface area (Å²) in [6.45, 7) is 5.18. The fourth-order valence-electron chi connectivity index (χ4n) is 4.20. The molecule has 5 rings (SSSR count). The van der Waals surface area contributed by atoms with Crippen molar-refractivity contribution < 1.29 is 14.2 Å². The zero-order valence-electron chi connectivity index (χ0n) is 20.9. The first-order chi connectivity index (χ1) is 18.1. The molecule has 3 heterocycles. The zero-order chi connectivity index (χ0) is 25.6. The lowest BCUT2D eigenvalue weighted by molar-refractivity contribution is 0.0357. The van der Waals surface area contributed by atoms with Crippen molar-refractivity contribution in [2.75, 3.05) is 51.9 Å². The van der Waals surface area contributed by atoms with Crippen molar-refractivity contribution in [2.24, 2.45) is 7.05 Å². The third-order valence-corrected chi connectivity index (χ3v) is 7.77. The number of aryl methyl sites for hydroxylation is 1. The van der Waals surface area contributed by atoms with Crippen molar-refractivity contribution in [3.8, 4) is 11.5 Å². The average molecular weight is 540 g/mol. The quantitative estimate of drug-likeness (QED) is 0.260. The lowest BCUT2D eigenvalue weighted by Gasteiger charge is -2.26. The van der Waals surface area contributed by atoms with E-state index in [0.717, 1.165) is 71.6 Å². The van der Waals surface area contributed by atoms with Gasteiger partial charge in [0.2, 0.25) is 0 Å². The minimum Gasteiger partial charge on any atom is -0.493 e. The maximum atomic E-state index is 6.61. The number of hydrogen-bond donors (Lipinski definition) is 1. The molecule has 8 nitrogen and oxygen atoms in total. The number of aromatic nitrogens is 3. The van der Waals surface area contributed by atoms with Gasteiger partial charge in [-0.15, -0.1) is 0 Å². The molecule has 0 aliphatic carbocycles. The van der Waals surface area contributed by atoms with E-state index in [1.807, 2.05) is 54.2 Å². The van der Waals surface area contributed by atoms with E-state index in [2.05, 4.69) is 20.2 Å². The second kappa shape index (κ2) is 12.0. The molecule has 0 amide bonds. The van der Waals surface area contributed by atoms with Crippen LogP contribution in [0.25, 0.3) is 10.9 Å². The number of ether oxygens (including phenoxy) is 3. The van der Waals surface area contributed by atoms with E-state index in [-0.39, 0.29) is 0 Å². The van der Waals surface area contributed by atoms with Crippen LogP contribution in [0.2, 0.25) is 5.02 Å². The number of imidazole rings is 1. The summed E-state index contributed by atoms with van der Waals surface area (Å²) < 4.78 is 19.1. The van der Waals surface area contributed by atoms with Crippen molar-refractivity contribution in [3.63, 3.8) is 0 Å². The van der Waals surface area contributed by atoms with Crippen LogP contribution in [0.1, 0.15) is 6.42 Å². The number of pyridine rings is 1. The first-order valence-electron chi connectivity index (χ1n) is 12.2. The largest absolute Gasteiger partial charge is 0.493 e. The number of benzene rings is 2. The van der Waals surface area contributed by atoms with Crippen LogP contribution in [0.3, 0.4) is 0 Å². The van der Waals surface area contributed by atoms with Gasteiger partial charge in [0.25, 0.3) is 0 Å². The number of morpholine rings is 1. The molecule has 0 saturated carbocycles. The van der Waals surface area contributed by atoms with Crippen molar-refractivity contribution >= 4 is 45.6 Å². The second-order valence-electron chi connectivity index (χ2n) is 8.73. The van der Waals surface area contributed by atoms with Crippen molar-refractivity contribution in [3.05, 3.63) is 60.0 Å². The Balaban J connectivity index is 1.29. The number of halogens is 1. The molecular weight excluding hydrogens is 510 g/mol. The molecule has 37 heavy (non-hydrogen) atoms. The van der Waals surface area contributed by atoms with Gasteiger partial charge < -0.3 is 24.1 Å². The van der Waals surface area contributed by atoms with Gasteiger partial charge in [-0.25, -0.2) is 4.98 Å². The Hall–Kier alpha value is -2.98. The number of nitrogens with one attached hydrogen (secondary N) is 1. The van der Waals surface area contributed by atoms with Crippen LogP contribution in [0.15, 0.2) is 65.0 Å². The van der Waals surface area contributed by atoms with Crippen molar-refractivity contribution in [1.29, 1.82) is 0 Å². The van der Waals surface area contributed by atoms with Crippen LogP contribution in [0, 0.1) is 0 Å². The first-order valence-corrected chi connectivity index (χ1v) is 13.4. The number of rotatable bonds is 10. The van der Waals surface area contributed by atoms with Crippen LogP contribution in [0.4, 0.5) is 11.4 Å². The van der Waals surface area contributed by atoms with E-state index in [9.17, 15) is 0 Å². The molecule has 4 aromatic rings.